The summed E-state index contributed by atoms with van der Waals surface area (Å²) in [6.07, 6.45) is 1.99. The van der Waals surface area contributed by atoms with E-state index >= 15 is 0 Å². The van der Waals surface area contributed by atoms with Crippen LogP contribution in [0.3, 0.4) is 0 Å². The molecule has 1 rings (SSSR count). The van der Waals surface area contributed by atoms with E-state index < -0.39 is 10.0 Å². The van der Waals surface area contributed by atoms with Crippen molar-refractivity contribution >= 4 is 45.0 Å². The lowest BCUT2D eigenvalue weighted by atomic mass is 10.2. The zero-order valence-electron chi connectivity index (χ0n) is 12.2. The summed E-state index contributed by atoms with van der Waals surface area (Å²) in [4.78, 5) is 0.0650. The molecule has 8 heteroatoms. The minimum atomic E-state index is -3.64. The fourth-order valence-corrected chi connectivity index (χ4v) is 4.49. The first kappa shape index (κ1) is 19.1. The Morgan fingerprint density at radius 2 is 1.95 bits per heavy atom. The largest absolute Gasteiger partial charge is 0.316 e. The summed E-state index contributed by atoms with van der Waals surface area (Å²) in [5, 5.41) is 3.52. The van der Waals surface area contributed by atoms with Gasteiger partial charge in [-0.3, -0.25) is 0 Å². The van der Waals surface area contributed by atoms with Crippen molar-refractivity contribution in [3.8, 4) is 0 Å². The van der Waals surface area contributed by atoms with E-state index in [0.29, 0.717) is 23.7 Å². The minimum Gasteiger partial charge on any atom is -0.316 e. The van der Waals surface area contributed by atoms with Crippen molar-refractivity contribution < 1.29 is 8.42 Å². The van der Waals surface area contributed by atoms with Crippen LogP contribution in [0.15, 0.2) is 17.0 Å². The van der Waals surface area contributed by atoms with Gasteiger partial charge in [0.25, 0.3) is 0 Å². The van der Waals surface area contributed by atoms with E-state index in [1.54, 1.807) is 18.8 Å². The molecule has 0 amide bonds. The first-order valence-corrected chi connectivity index (χ1v) is 10.1. The van der Waals surface area contributed by atoms with Gasteiger partial charge in [0.2, 0.25) is 10.0 Å². The van der Waals surface area contributed by atoms with Crippen LogP contribution in [0.25, 0.3) is 0 Å². The molecule has 1 aromatic rings. The molecule has 0 fully saturated rings. The van der Waals surface area contributed by atoms with Crippen LogP contribution >= 0.6 is 35.0 Å². The van der Waals surface area contributed by atoms with Gasteiger partial charge in [-0.1, -0.05) is 30.1 Å². The van der Waals surface area contributed by atoms with Crippen LogP contribution in [0.1, 0.15) is 12.5 Å². The highest BCUT2D eigenvalue weighted by Crippen LogP contribution is 2.28. The van der Waals surface area contributed by atoms with Crippen LogP contribution in [0.5, 0.6) is 0 Å². The lowest BCUT2D eigenvalue weighted by molar-refractivity contribution is 0.562. The van der Waals surface area contributed by atoms with Gasteiger partial charge in [0.15, 0.2) is 0 Å². The van der Waals surface area contributed by atoms with Gasteiger partial charge >= 0.3 is 0 Å². The van der Waals surface area contributed by atoms with Gasteiger partial charge in [-0.25, -0.2) is 13.1 Å². The SMILES string of the molecule is CNCc1cc(S(=O)(=O)NCC(C)CSC)c(Cl)cc1Cl. The fourth-order valence-electron chi connectivity index (χ4n) is 1.78. The molecule has 0 saturated heterocycles. The van der Waals surface area contributed by atoms with E-state index in [1.165, 1.54) is 12.1 Å². The smallest absolute Gasteiger partial charge is 0.242 e. The summed E-state index contributed by atoms with van der Waals surface area (Å²) in [7, 11) is -1.87. The Bertz CT molecular complexity index is 580. The van der Waals surface area contributed by atoms with Gasteiger partial charge < -0.3 is 5.32 Å². The number of nitrogens with one attached hydrogen (secondary N) is 2. The highest BCUT2D eigenvalue weighted by molar-refractivity contribution is 7.98. The number of halogens is 2. The second kappa shape index (κ2) is 8.60. The normalized spacial score (nSPS) is 13.4. The van der Waals surface area contributed by atoms with E-state index in [0.717, 1.165) is 5.75 Å². The summed E-state index contributed by atoms with van der Waals surface area (Å²) >= 11 is 13.8. The molecule has 0 aromatic heterocycles. The maximum absolute atomic E-state index is 12.4. The highest BCUT2D eigenvalue weighted by atomic mass is 35.5. The van der Waals surface area contributed by atoms with Crippen LogP contribution in [-0.2, 0) is 16.6 Å². The van der Waals surface area contributed by atoms with Crippen LogP contribution < -0.4 is 10.0 Å². The van der Waals surface area contributed by atoms with Gasteiger partial charge in [-0.15, -0.1) is 0 Å². The summed E-state index contributed by atoms with van der Waals surface area (Å²) in [5.74, 6) is 1.14. The zero-order valence-corrected chi connectivity index (χ0v) is 15.4. The number of hydrogen-bond acceptors (Lipinski definition) is 4. The van der Waals surface area contributed by atoms with Crippen molar-refractivity contribution in [1.29, 1.82) is 0 Å². The number of rotatable bonds is 8. The second-order valence-corrected chi connectivity index (χ2v) is 8.28. The maximum Gasteiger partial charge on any atom is 0.242 e. The van der Waals surface area contributed by atoms with Crippen molar-refractivity contribution in [2.75, 3.05) is 25.6 Å². The quantitative estimate of drug-likeness (QED) is 0.738. The average molecular weight is 371 g/mol. The van der Waals surface area contributed by atoms with Crippen molar-refractivity contribution in [2.24, 2.45) is 5.92 Å². The molecule has 1 aromatic carbocycles. The molecule has 0 heterocycles. The Morgan fingerprint density at radius 1 is 1.29 bits per heavy atom. The monoisotopic (exact) mass is 370 g/mol. The first-order valence-electron chi connectivity index (χ1n) is 6.43. The molecule has 0 bridgehead atoms. The molecule has 0 aliphatic rings. The molecule has 120 valence electrons. The molecular formula is C13H20Cl2N2O2S2. The van der Waals surface area contributed by atoms with Crippen molar-refractivity contribution in [3.05, 3.63) is 27.7 Å². The maximum atomic E-state index is 12.4. The fraction of sp³-hybridized carbons (Fsp3) is 0.538. The van der Waals surface area contributed by atoms with Crippen molar-refractivity contribution in [1.82, 2.24) is 10.0 Å². The molecule has 0 aliphatic heterocycles. The predicted molar refractivity (Wildman–Crippen MR) is 92.0 cm³/mol. The van der Waals surface area contributed by atoms with Gasteiger partial charge in [-0.05, 0) is 42.7 Å². The second-order valence-electron chi connectivity index (χ2n) is 4.82. The Hall–Kier alpha value is 0.0200. The van der Waals surface area contributed by atoms with Crippen LogP contribution in [-0.4, -0.2) is 34.0 Å². The standard InChI is InChI=1S/C13H20Cl2N2O2S2/c1-9(8-20-3)6-17-21(18,19)13-4-10(7-16-2)11(14)5-12(13)15/h4-5,9,16-17H,6-8H2,1-3H3. The third-order valence-corrected chi connectivity index (χ3v) is 5.97. The molecule has 2 N–H and O–H groups in total. The number of hydrogen-bond donors (Lipinski definition) is 2. The van der Waals surface area contributed by atoms with E-state index in [9.17, 15) is 8.42 Å². The molecular weight excluding hydrogens is 351 g/mol. The Labute approximate surface area is 141 Å². The van der Waals surface area contributed by atoms with Crippen LogP contribution in [0.2, 0.25) is 10.0 Å². The highest BCUT2D eigenvalue weighted by Gasteiger charge is 2.20. The average Bonchev–Trinajstić information content (AvgIpc) is 2.40. The van der Waals surface area contributed by atoms with Crippen molar-refractivity contribution in [2.45, 2.75) is 18.4 Å². The zero-order chi connectivity index (χ0) is 16.0. The lowest BCUT2D eigenvalue weighted by Crippen LogP contribution is -2.29. The van der Waals surface area contributed by atoms with E-state index in [-0.39, 0.29) is 15.8 Å². The first-order chi connectivity index (χ1) is 9.81. The van der Waals surface area contributed by atoms with E-state index in [2.05, 4.69) is 10.0 Å². The third-order valence-electron chi connectivity index (χ3n) is 2.83. The molecule has 0 spiro atoms. The summed E-state index contributed by atoms with van der Waals surface area (Å²) in [6, 6.07) is 2.98. The predicted octanol–water partition coefficient (Wildman–Crippen LogP) is 2.99. The van der Waals surface area contributed by atoms with Crippen LogP contribution in [0.4, 0.5) is 0 Å². The van der Waals surface area contributed by atoms with Gasteiger partial charge in [0.1, 0.15) is 4.90 Å². The van der Waals surface area contributed by atoms with Gasteiger partial charge in [-0.2, -0.15) is 11.8 Å². The topological polar surface area (TPSA) is 58.2 Å². The summed E-state index contributed by atoms with van der Waals surface area (Å²) in [5.41, 5.74) is 0.695. The summed E-state index contributed by atoms with van der Waals surface area (Å²) < 4.78 is 27.3. The molecule has 0 aliphatic carbocycles. The molecule has 4 nitrogen and oxygen atoms in total. The Kier molecular flexibility index (Phi) is 7.81. The number of sulfonamides is 1. The van der Waals surface area contributed by atoms with Gasteiger partial charge in [0, 0.05) is 18.1 Å². The van der Waals surface area contributed by atoms with Gasteiger partial charge in [0.05, 0.1) is 5.02 Å². The molecule has 0 saturated carbocycles. The molecule has 0 radical (unpaired) electrons. The van der Waals surface area contributed by atoms with Crippen LogP contribution in [0, 0.1) is 5.92 Å². The van der Waals surface area contributed by atoms with Crippen molar-refractivity contribution in [3.63, 3.8) is 0 Å². The van der Waals surface area contributed by atoms with E-state index in [1.807, 2.05) is 13.2 Å². The lowest BCUT2D eigenvalue weighted by Gasteiger charge is -2.14. The Balaban J connectivity index is 2.99. The Morgan fingerprint density at radius 3 is 2.52 bits per heavy atom. The molecule has 1 unspecified atom stereocenters. The molecule has 21 heavy (non-hydrogen) atoms. The minimum absolute atomic E-state index is 0.0650. The third kappa shape index (κ3) is 5.62. The number of benzene rings is 1. The molecule has 1 atom stereocenters. The summed E-state index contributed by atoms with van der Waals surface area (Å²) in [6.45, 7) is 2.85. The number of thioether (sulfide) groups is 1. The van der Waals surface area contributed by atoms with E-state index in [4.69, 9.17) is 23.2 Å².